The standard InChI is InChI=1S/C17H24ClIN2/c1-16(2,3)11-17(4,5)21-14-7-6-12(19)10-13(14)20-15(21)8-9-18/h6-7,10H,8-9,11H2,1-5H3. The molecule has 4 heteroatoms. The lowest BCUT2D eigenvalue weighted by Gasteiger charge is -2.35. The maximum atomic E-state index is 6.00. The number of aromatic nitrogens is 2. The summed E-state index contributed by atoms with van der Waals surface area (Å²) in [5, 5.41) is 0. The van der Waals surface area contributed by atoms with Gasteiger partial charge in [0.25, 0.3) is 0 Å². The third kappa shape index (κ3) is 3.92. The summed E-state index contributed by atoms with van der Waals surface area (Å²) < 4.78 is 3.61. The van der Waals surface area contributed by atoms with E-state index in [1.54, 1.807) is 0 Å². The number of fused-ring (bicyclic) bond motifs is 1. The Balaban J connectivity index is 2.61. The number of alkyl halides is 1. The molecule has 0 N–H and O–H groups in total. The molecule has 1 aromatic carbocycles. The molecule has 21 heavy (non-hydrogen) atoms. The summed E-state index contributed by atoms with van der Waals surface area (Å²) in [6.07, 6.45) is 1.90. The van der Waals surface area contributed by atoms with Gasteiger partial charge in [-0.2, -0.15) is 0 Å². The monoisotopic (exact) mass is 418 g/mol. The number of imidazole rings is 1. The molecule has 0 atom stereocenters. The zero-order valence-electron chi connectivity index (χ0n) is 13.5. The quantitative estimate of drug-likeness (QED) is 0.467. The summed E-state index contributed by atoms with van der Waals surface area (Å²) in [6.45, 7) is 11.5. The average molecular weight is 419 g/mol. The number of halogens is 2. The Morgan fingerprint density at radius 2 is 1.86 bits per heavy atom. The second-order valence-corrected chi connectivity index (χ2v) is 9.11. The van der Waals surface area contributed by atoms with E-state index in [0.29, 0.717) is 5.88 Å². The van der Waals surface area contributed by atoms with Gasteiger partial charge in [-0.1, -0.05) is 20.8 Å². The van der Waals surface area contributed by atoms with Crippen LogP contribution in [-0.4, -0.2) is 15.4 Å². The highest BCUT2D eigenvalue weighted by Crippen LogP contribution is 2.36. The van der Waals surface area contributed by atoms with Gasteiger partial charge in [-0.15, -0.1) is 11.6 Å². The van der Waals surface area contributed by atoms with Crippen molar-refractivity contribution in [3.8, 4) is 0 Å². The lowest BCUT2D eigenvalue weighted by atomic mass is 9.81. The smallest absolute Gasteiger partial charge is 0.111 e. The summed E-state index contributed by atoms with van der Waals surface area (Å²) in [5.74, 6) is 1.70. The van der Waals surface area contributed by atoms with E-state index in [9.17, 15) is 0 Å². The van der Waals surface area contributed by atoms with Crippen molar-refractivity contribution in [2.75, 3.05) is 5.88 Å². The SMILES string of the molecule is CC(C)(C)CC(C)(C)n1c(CCCl)nc2cc(I)ccc21. The summed E-state index contributed by atoms with van der Waals surface area (Å²) in [4.78, 5) is 4.83. The molecule has 0 unspecified atom stereocenters. The van der Waals surface area contributed by atoms with E-state index in [1.165, 1.54) is 9.09 Å². The molecule has 116 valence electrons. The van der Waals surface area contributed by atoms with Gasteiger partial charge in [0.05, 0.1) is 11.0 Å². The van der Waals surface area contributed by atoms with Crippen LogP contribution in [-0.2, 0) is 12.0 Å². The molecule has 0 amide bonds. The van der Waals surface area contributed by atoms with Crippen molar-refractivity contribution in [1.29, 1.82) is 0 Å². The summed E-state index contributed by atoms with van der Waals surface area (Å²) >= 11 is 8.33. The van der Waals surface area contributed by atoms with E-state index < -0.39 is 0 Å². The molecule has 0 saturated heterocycles. The van der Waals surface area contributed by atoms with E-state index >= 15 is 0 Å². The van der Waals surface area contributed by atoms with E-state index in [2.05, 4.69) is 80.0 Å². The van der Waals surface area contributed by atoms with Gasteiger partial charge in [-0.05, 0) is 66.5 Å². The summed E-state index contributed by atoms with van der Waals surface area (Å²) in [5.41, 5.74) is 2.57. The van der Waals surface area contributed by atoms with Gasteiger partial charge in [0.2, 0.25) is 0 Å². The first-order valence-electron chi connectivity index (χ1n) is 7.37. The van der Waals surface area contributed by atoms with Crippen LogP contribution in [0, 0.1) is 8.99 Å². The Hall–Kier alpha value is -0.290. The Morgan fingerprint density at radius 3 is 2.43 bits per heavy atom. The van der Waals surface area contributed by atoms with Crippen molar-refractivity contribution in [1.82, 2.24) is 9.55 Å². The largest absolute Gasteiger partial charge is 0.322 e. The first kappa shape index (κ1) is 17.1. The number of rotatable bonds is 4. The Bertz CT molecular complexity index is 638. The van der Waals surface area contributed by atoms with Gasteiger partial charge >= 0.3 is 0 Å². The molecule has 0 aliphatic rings. The first-order chi connectivity index (χ1) is 9.64. The second kappa shape index (κ2) is 6.07. The molecule has 0 bridgehead atoms. The van der Waals surface area contributed by atoms with Crippen LogP contribution in [0.25, 0.3) is 11.0 Å². The molecule has 0 fully saturated rings. The topological polar surface area (TPSA) is 17.8 Å². The minimum absolute atomic E-state index is 0.0151. The van der Waals surface area contributed by atoms with Crippen LogP contribution in [0.4, 0.5) is 0 Å². The molecule has 0 aliphatic heterocycles. The van der Waals surface area contributed by atoms with Crippen LogP contribution in [0.3, 0.4) is 0 Å². The van der Waals surface area contributed by atoms with E-state index in [1.807, 2.05) is 0 Å². The molecule has 2 aromatic rings. The summed E-state index contributed by atoms with van der Waals surface area (Å²) in [6, 6.07) is 6.49. The molecule has 2 rings (SSSR count). The molecular weight excluding hydrogens is 395 g/mol. The third-order valence-electron chi connectivity index (χ3n) is 3.57. The average Bonchev–Trinajstić information content (AvgIpc) is 2.63. The lowest BCUT2D eigenvalue weighted by Crippen LogP contribution is -2.32. The number of aryl methyl sites for hydroxylation is 1. The van der Waals surface area contributed by atoms with Gasteiger partial charge in [0, 0.05) is 21.4 Å². The third-order valence-corrected chi connectivity index (χ3v) is 4.43. The number of benzene rings is 1. The highest BCUT2D eigenvalue weighted by molar-refractivity contribution is 14.1. The van der Waals surface area contributed by atoms with Gasteiger partial charge in [-0.25, -0.2) is 4.98 Å². The fourth-order valence-electron chi connectivity index (χ4n) is 3.41. The fraction of sp³-hybridized carbons (Fsp3) is 0.588. The predicted octanol–water partition coefficient (Wildman–Crippen LogP) is 5.59. The Kier molecular flexibility index (Phi) is 4.94. The molecule has 0 radical (unpaired) electrons. The minimum atomic E-state index is 0.0151. The lowest BCUT2D eigenvalue weighted by molar-refractivity contribution is 0.215. The maximum absolute atomic E-state index is 6.00. The summed E-state index contributed by atoms with van der Waals surface area (Å²) in [7, 11) is 0. The van der Waals surface area contributed by atoms with E-state index in [-0.39, 0.29) is 11.0 Å². The van der Waals surface area contributed by atoms with Gasteiger partial charge < -0.3 is 4.57 Å². The molecule has 0 saturated carbocycles. The number of hydrogen-bond acceptors (Lipinski definition) is 1. The van der Waals surface area contributed by atoms with Crippen molar-refractivity contribution in [3.05, 3.63) is 27.6 Å². The second-order valence-electron chi connectivity index (χ2n) is 7.49. The molecule has 0 spiro atoms. The van der Waals surface area contributed by atoms with Crippen molar-refractivity contribution in [2.45, 2.75) is 53.0 Å². The van der Waals surface area contributed by atoms with Crippen molar-refractivity contribution < 1.29 is 0 Å². The normalized spacial score (nSPS) is 13.1. The van der Waals surface area contributed by atoms with E-state index in [4.69, 9.17) is 16.6 Å². The fourth-order valence-corrected chi connectivity index (χ4v) is 4.05. The van der Waals surface area contributed by atoms with Crippen LogP contribution in [0.15, 0.2) is 18.2 Å². The zero-order valence-corrected chi connectivity index (χ0v) is 16.4. The Labute approximate surface area is 146 Å². The molecule has 1 heterocycles. The van der Waals surface area contributed by atoms with Crippen LogP contribution in [0.1, 0.15) is 46.9 Å². The molecular formula is C17H24ClIN2. The highest BCUT2D eigenvalue weighted by Gasteiger charge is 2.30. The molecule has 0 aliphatic carbocycles. The Morgan fingerprint density at radius 1 is 1.19 bits per heavy atom. The first-order valence-corrected chi connectivity index (χ1v) is 8.99. The number of hydrogen-bond donors (Lipinski definition) is 0. The van der Waals surface area contributed by atoms with Crippen LogP contribution in [0.2, 0.25) is 0 Å². The van der Waals surface area contributed by atoms with Crippen LogP contribution >= 0.6 is 34.2 Å². The van der Waals surface area contributed by atoms with E-state index in [0.717, 1.165) is 24.2 Å². The van der Waals surface area contributed by atoms with Gasteiger partial charge in [0.15, 0.2) is 0 Å². The van der Waals surface area contributed by atoms with Crippen molar-refractivity contribution in [2.24, 2.45) is 5.41 Å². The highest BCUT2D eigenvalue weighted by atomic mass is 127. The maximum Gasteiger partial charge on any atom is 0.111 e. The number of nitrogens with zero attached hydrogens (tertiary/aromatic N) is 2. The van der Waals surface area contributed by atoms with Crippen molar-refractivity contribution >= 4 is 45.2 Å². The van der Waals surface area contributed by atoms with Crippen LogP contribution in [0.5, 0.6) is 0 Å². The van der Waals surface area contributed by atoms with Gasteiger partial charge in [-0.3, -0.25) is 0 Å². The van der Waals surface area contributed by atoms with Crippen LogP contribution < -0.4 is 0 Å². The van der Waals surface area contributed by atoms with Gasteiger partial charge in [0.1, 0.15) is 5.82 Å². The zero-order chi connectivity index (χ0) is 15.8. The van der Waals surface area contributed by atoms with Crippen molar-refractivity contribution in [3.63, 3.8) is 0 Å². The minimum Gasteiger partial charge on any atom is -0.322 e. The predicted molar refractivity (Wildman–Crippen MR) is 100 cm³/mol. The molecule has 2 nitrogen and oxygen atoms in total. The molecule has 1 aromatic heterocycles.